The molecule has 0 spiro atoms. The van der Waals surface area contributed by atoms with Crippen LogP contribution >= 0.6 is 22.9 Å². The summed E-state index contributed by atoms with van der Waals surface area (Å²) in [6.45, 7) is 5.30. The van der Waals surface area contributed by atoms with Crippen LogP contribution in [0.4, 0.5) is 15.0 Å². The third kappa shape index (κ3) is 4.41. The van der Waals surface area contributed by atoms with Gasteiger partial charge in [0.1, 0.15) is 11.4 Å². The quantitative estimate of drug-likeness (QED) is 0.848. The highest BCUT2D eigenvalue weighted by Gasteiger charge is 2.20. The van der Waals surface area contributed by atoms with E-state index in [1.54, 1.807) is 32.9 Å². The molecule has 1 amide bonds. The Labute approximate surface area is 130 Å². The fourth-order valence-corrected chi connectivity index (χ4v) is 2.64. The fraction of sp³-hybridized carbons (Fsp3) is 0.286. The molecule has 0 bridgehead atoms. The van der Waals surface area contributed by atoms with E-state index in [4.69, 9.17) is 16.3 Å². The van der Waals surface area contributed by atoms with E-state index in [0.29, 0.717) is 16.3 Å². The van der Waals surface area contributed by atoms with Gasteiger partial charge in [-0.25, -0.2) is 14.2 Å². The Morgan fingerprint density at radius 2 is 1.95 bits per heavy atom. The Kier molecular flexibility index (Phi) is 4.49. The van der Waals surface area contributed by atoms with Crippen molar-refractivity contribution in [1.29, 1.82) is 0 Å². The Hall–Kier alpha value is -1.66. The molecule has 1 aromatic heterocycles. The molecule has 112 valence electrons. The van der Waals surface area contributed by atoms with E-state index < -0.39 is 11.7 Å². The molecule has 1 N–H and O–H groups in total. The SMILES string of the molecule is CC(C)(C)OC(=O)Nc1nc(Cl)sc1-c1ccc(F)cc1. The number of hydrogen-bond donors (Lipinski definition) is 1. The summed E-state index contributed by atoms with van der Waals surface area (Å²) in [6.07, 6.45) is -0.618. The first-order chi connectivity index (χ1) is 9.74. The highest BCUT2D eigenvalue weighted by molar-refractivity contribution is 7.19. The van der Waals surface area contributed by atoms with Crippen LogP contribution in [0.2, 0.25) is 4.47 Å². The van der Waals surface area contributed by atoms with Gasteiger partial charge in [-0.1, -0.05) is 23.7 Å². The van der Waals surface area contributed by atoms with Gasteiger partial charge < -0.3 is 4.74 Å². The molecule has 21 heavy (non-hydrogen) atoms. The lowest BCUT2D eigenvalue weighted by Crippen LogP contribution is -2.27. The van der Waals surface area contributed by atoms with E-state index in [1.807, 2.05) is 0 Å². The summed E-state index contributed by atoms with van der Waals surface area (Å²) in [7, 11) is 0. The number of carbonyl (C=O) groups excluding carboxylic acids is 1. The van der Waals surface area contributed by atoms with Crippen molar-refractivity contribution in [3.8, 4) is 10.4 Å². The highest BCUT2D eigenvalue weighted by Crippen LogP contribution is 2.36. The smallest absolute Gasteiger partial charge is 0.413 e. The molecule has 1 aromatic carbocycles. The van der Waals surface area contributed by atoms with Gasteiger partial charge in [-0.3, -0.25) is 5.32 Å². The summed E-state index contributed by atoms with van der Waals surface area (Å²) in [4.78, 5) is 16.5. The maximum Gasteiger partial charge on any atom is 0.413 e. The van der Waals surface area contributed by atoms with Gasteiger partial charge in [-0.15, -0.1) is 11.3 Å². The van der Waals surface area contributed by atoms with Crippen LogP contribution in [0.3, 0.4) is 0 Å². The number of nitrogens with zero attached hydrogens (tertiary/aromatic N) is 1. The molecule has 0 saturated carbocycles. The van der Waals surface area contributed by atoms with Crippen LogP contribution in [0.1, 0.15) is 20.8 Å². The van der Waals surface area contributed by atoms with Crippen molar-refractivity contribution < 1.29 is 13.9 Å². The summed E-state index contributed by atoms with van der Waals surface area (Å²) in [5, 5.41) is 2.56. The maximum atomic E-state index is 13.0. The molecule has 0 aliphatic heterocycles. The van der Waals surface area contributed by atoms with Crippen LogP contribution < -0.4 is 5.32 Å². The number of halogens is 2. The lowest BCUT2D eigenvalue weighted by Gasteiger charge is -2.19. The van der Waals surface area contributed by atoms with Crippen molar-refractivity contribution in [2.45, 2.75) is 26.4 Å². The van der Waals surface area contributed by atoms with Gasteiger partial charge in [0.2, 0.25) is 0 Å². The molecule has 1 heterocycles. The third-order valence-electron chi connectivity index (χ3n) is 2.33. The molecule has 4 nitrogen and oxygen atoms in total. The van der Waals surface area contributed by atoms with E-state index in [0.717, 1.165) is 0 Å². The average molecular weight is 329 g/mol. The van der Waals surface area contributed by atoms with Crippen molar-refractivity contribution in [1.82, 2.24) is 4.98 Å². The second-order valence-corrected chi connectivity index (χ2v) is 6.86. The van der Waals surface area contributed by atoms with Crippen molar-refractivity contribution in [2.24, 2.45) is 0 Å². The first kappa shape index (κ1) is 15.7. The molecule has 0 atom stereocenters. The van der Waals surface area contributed by atoms with Crippen molar-refractivity contribution in [3.05, 3.63) is 34.5 Å². The molecule has 0 aliphatic carbocycles. The summed E-state index contributed by atoms with van der Waals surface area (Å²) >= 11 is 7.10. The monoisotopic (exact) mass is 328 g/mol. The molecule has 0 aliphatic rings. The number of rotatable bonds is 2. The van der Waals surface area contributed by atoms with Crippen LogP contribution in [0.25, 0.3) is 10.4 Å². The molecule has 0 fully saturated rings. The molecular weight excluding hydrogens is 315 g/mol. The summed E-state index contributed by atoms with van der Waals surface area (Å²) in [5.74, 6) is -0.0399. The van der Waals surface area contributed by atoms with Crippen LogP contribution in [0.5, 0.6) is 0 Å². The van der Waals surface area contributed by atoms with Crippen LogP contribution in [0, 0.1) is 5.82 Å². The average Bonchev–Trinajstić information content (AvgIpc) is 2.68. The lowest BCUT2D eigenvalue weighted by atomic mass is 10.2. The van der Waals surface area contributed by atoms with Gasteiger partial charge >= 0.3 is 6.09 Å². The van der Waals surface area contributed by atoms with Crippen LogP contribution in [0.15, 0.2) is 24.3 Å². The Morgan fingerprint density at radius 3 is 2.52 bits per heavy atom. The zero-order valence-corrected chi connectivity index (χ0v) is 13.3. The third-order valence-corrected chi connectivity index (χ3v) is 3.54. The normalized spacial score (nSPS) is 11.3. The predicted octanol–water partition coefficient (Wildman–Crippen LogP) is 4.95. The topological polar surface area (TPSA) is 51.2 Å². The Morgan fingerprint density at radius 1 is 1.33 bits per heavy atom. The van der Waals surface area contributed by atoms with Gasteiger partial charge in [0.25, 0.3) is 0 Å². The van der Waals surface area contributed by atoms with Crippen LogP contribution in [-0.2, 0) is 4.74 Å². The standard InChI is InChI=1S/C14H14ClFN2O2S/c1-14(2,3)20-13(19)18-11-10(21-12(15)17-11)8-4-6-9(16)7-5-8/h4-7H,1-3H3,(H,18,19). The summed E-state index contributed by atoms with van der Waals surface area (Å²) in [6, 6.07) is 5.86. The number of carbonyl (C=O) groups is 1. The fourth-order valence-electron chi connectivity index (χ4n) is 1.58. The Balaban J connectivity index is 2.25. The van der Waals surface area contributed by atoms with Gasteiger partial charge in [0, 0.05) is 0 Å². The summed E-state index contributed by atoms with van der Waals surface area (Å²) in [5.41, 5.74) is 0.104. The molecule has 2 aromatic rings. The zero-order valence-electron chi connectivity index (χ0n) is 11.7. The number of hydrogen-bond acceptors (Lipinski definition) is 4. The molecule has 0 unspecified atom stereocenters. The number of thiazole rings is 1. The number of benzene rings is 1. The second kappa shape index (κ2) is 5.99. The van der Waals surface area contributed by atoms with Crippen LogP contribution in [-0.4, -0.2) is 16.7 Å². The van der Waals surface area contributed by atoms with E-state index in [9.17, 15) is 9.18 Å². The number of nitrogens with one attached hydrogen (secondary N) is 1. The van der Waals surface area contributed by atoms with Gasteiger partial charge in [-0.2, -0.15) is 0 Å². The molecule has 2 rings (SSSR count). The van der Waals surface area contributed by atoms with Crippen molar-refractivity contribution in [2.75, 3.05) is 5.32 Å². The number of aromatic nitrogens is 1. The molecular formula is C14H14ClFN2O2S. The van der Waals surface area contributed by atoms with Gasteiger partial charge in [0.15, 0.2) is 10.3 Å². The maximum absolute atomic E-state index is 13.0. The second-order valence-electron chi connectivity index (χ2n) is 5.28. The summed E-state index contributed by atoms with van der Waals surface area (Å²) < 4.78 is 18.4. The number of anilines is 1. The lowest BCUT2D eigenvalue weighted by molar-refractivity contribution is 0.0635. The van der Waals surface area contributed by atoms with E-state index in [1.165, 1.54) is 23.5 Å². The van der Waals surface area contributed by atoms with E-state index in [2.05, 4.69) is 10.3 Å². The van der Waals surface area contributed by atoms with Gasteiger partial charge in [0.05, 0.1) is 4.88 Å². The number of amides is 1. The van der Waals surface area contributed by atoms with E-state index in [-0.39, 0.29) is 10.3 Å². The minimum absolute atomic E-state index is 0.278. The molecule has 0 saturated heterocycles. The minimum atomic E-state index is -0.618. The molecule has 7 heteroatoms. The largest absolute Gasteiger partial charge is 0.444 e. The zero-order chi connectivity index (χ0) is 15.6. The van der Waals surface area contributed by atoms with Crippen molar-refractivity contribution in [3.63, 3.8) is 0 Å². The van der Waals surface area contributed by atoms with Gasteiger partial charge in [-0.05, 0) is 38.5 Å². The predicted molar refractivity (Wildman–Crippen MR) is 82.4 cm³/mol. The highest BCUT2D eigenvalue weighted by atomic mass is 35.5. The minimum Gasteiger partial charge on any atom is -0.444 e. The molecule has 0 radical (unpaired) electrons. The van der Waals surface area contributed by atoms with Crippen molar-refractivity contribution >= 4 is 34.8 Å². The first-order valence-electron chi connectivity index (χ1n) is 6.17. The number of ether oxygens (including phenoxy) is 1. The first-order valence-corrected chi connectivity index (χ1v) is 7.36. The van der Waals surface area contributed by atoms with E-state index >= 15 is 0 Å². The Bertz CT molecular complexity index is 650.